The van der Waals surface area contributed by atoms with Crippen molar-refractivity contribution in [3.05, 3.63) is 204 Å². The fourth-order valence-electron chi connectivity index (χ4n) is 11.3. The van der Waals surface area contributed by atoms with Gasteiger partial charge < -0.3 is 28.8 Å². The van der Waals surface area contributed by atoms with Gasteiger partial charge in [-0.25, -0.2) is 0 Å². The maximum atomic E-state index is 12.4. The quantitative estimate of drug-likeness (QED) is 0.0300. The maximum Gasteiger partial charge on any atom is 0.266 e. The van der Waals surface area contributed by atoms with Gasteiger partial charge in [0.15, 0.2) is 0 Å². The highest BCUT2D eigenvalue weighted by molar-refractivity contribution is 8.28. The monoisotopic (exact) mass is 1920 g/mol. The molecule has 0 saturated carbocycles. The van der Waals surface area contributed by atoms with Crippen molar-refractivity contribution in [3.8, 4) is 0 Å². The number of rotatable bonds is 30. The minimum atomic E-state index is -0.103. The van der Waals surface area contributed by atoms with Crippen LogP contribution in [0.1, 0.15) is 181 Å². The molecule has 0 bridgehead atoms. The Morgan fingerprint density at radius 2 is 0.545 bits per heavy atom. The van der Waals surface area contributed by atoms with E-state index < -0.39 is 0 Å². The molecule has 6 saturated heterocycles. The highest BCUT2D eigenvalue weighted by atomic mass is 32.2. The predicted molar refractivity (Wildman–Crippen MR) is 534 cm³/mol. The Bertz CT molecular complexity index is 4860. The third kappa shape index (κ3) is 34.4. The summed E-state index contributed by atoms with van der Waals surface area (Å²) in [7, 11) is 0. The Hall–Kier alpha value is -7.94. The number of carbonyl (C=O) groups is 12. The lowest BCUT2D eigenvalue weighted by molar-refractivity contribution is -0.123. The van der Waals surface area contributed by atoms with Crippen LogP contribution in [0.3, 0.4) is 0 Å². The van der Waals surface area contributed by atoms with Gasteiger partial charge in [0.2, 0.25) is 0 Å². The van der Waals surface area contributed by atoms with E-state index in [1.807, 2.05) is 108 Å². The number of carbonyl (C=O) groups excluding carboxylic acids is 12. The molecule has 6 aromatic rings. The molecule has 0 unspecified atom stereocenters. The van der Waals surface area contributed by atoms with Gasteiger partial charge in [0.25, 0.3) is 35.4 Å². The van der Waals surface area contributed by atoms with Crippen molar-refractivity contribution in [2.75, 3.05) is 39.3 Å². The van der Waals surface area contributed by atoms with Crippen LogP contribution in [0.5, 0.6) is 0 Å². The number of thioether (sulfide) groups is 6. The molecule has 123 heavy (non-hydrogen) atoms. The number of hydrogen-bond donors (Lipinski definition) is 0. The minimum absolute atomic E-state index is 0. The van der Waals surface area contributed by atoms with Crippen LogP contribution in [0.25, 0.3) is 36.5 Å². The summed E-state index contributed by atoms with van der Waals surface area (Å²) >= 11 is 42.5. The van der Waals surface area contributed by atoms with E-state index in [0.717, 1.165) is 32.3 Å². The molecule has 0 aliphatic carbocycles. The topological polar surface area (TPSA) is 250 Å². The molecule has 6 aliphatic rings. The van der Waals surface area contributed by atoms with Crippen molar-refractivity contribution < 1.29 is 57.5 Å². The molecule has 0 radical (unpaired) electrons. The summed E-state index contributed by atoms with van der Waals surface area (Å²) in [6.45, 7) is 20.6. The van der Waals surface area contributed by atoms with Crippen LogP contribution in [-0.2, 0) is 57.5 Å². The minimum Gasteiger partial charge on any atom is -0.300 e. The zero-order valence-electron chi connectivity index (χ0n) is 68.9. The van der Waals surface area contributed by atoms with Gasteiger partial charge in [-0.15, -0.1) is 22.7 Å². The number of nitrogens with zero attached hydrogens (tertiary/aromatic N) is 8. The molecule has 20 nitrogen and oxygen atoms in total. The normalized spacial score (nSPS) is 16.9. The number of Topliss-reactive ketones (excluding diaryl/α,β-unsaturated/α-hetero) is 6. The van der Waals surface area contributed by atoms with Crippen molar-refractivity contribution >= 4 is 299 Å². The average molecular weight is 1920 g/mol. The number of benzene rings is 2. The van der Waals surface area contributed by atoms with Gasteiger partial charge in [-0.3, -0.25) is 68.1 Å². The number of pyridine rings is 2. The average Bonchev–Trinajstić information content (AvgIpc) is 1.73. The molecule has 648 valence electrons. The maximum absolute atomic E-state index is 12.4. The summed E-state index contributed by atoms with van der Waals surface area (Å²) in [6.07, 6.45) is 21.1. The van der Waals surface area contributed by atoms with E-state index in [1.165, 1.54) is 92.8 Å². The van der Waals surface area contributed by atoms with Crippen LogP contribution in [0.2, 0.25) is 0 Å². The third-order valence-electron chi connectivity index (χ3n) is 17.9. The van der Waals surface area contributed by atoms with E-state index in [0.29, 0.717) is 172 Å². The van der Waals surface area contributed by atoms with Gasteiger partial charge in [-0.05, 0) is 225 Å². The van der Waals surface area contributed by atoms with Gasteiger partial charge in [-0.1, -0.05) is 212 Å². The molecule has 6 aliphatic heterocycles. The summed E-state index contributed by atoms with van der Waals surface area (Å²) in [5, 5.41) is 3.94. The van der Waals surface area contributed by atoms with Crippen LogP contribution in [0, 0.1) is 27.7 Å². The molecule has 4 aromatic heterocycles. The molecule has 2 aromatic carbocycles. The second-order valence-corrected chi connectivity index (χ2v) is 40.1. The van der Waals surface area contributed by atoms with E-state index >= 15 is 0 Å². The van der Waals surface area contributed by atoms with Gasteiger partial charge >= 0.3 is 0 Å². The fraction of sp³-hybridized carbons (Fsp3) is 0.326. The van der Waals surface area contributed by atoms with E-state index in [9.17, 15) is 57.5 Å². The van der Waals surface area contributed by atoms with E-state index in [1.54, 1.807) is 118 Å². The number of hydrogen-bond acceptors (Lipinski definition) is 28. The van der Waals surface area contributed by atoms with E-state index in [4.69, 9.17) is 73.3 Å². The van der Waals surface area contributed by atoms with Crippen molar-refractivity contribution in [2.45, 2.75) is 154 Å². The highest BCUT2D eigenvalue weighted by Crippen LogP contribution is 2.39. The summed E-state index contributed by atoms with van der Waals surface area (Å²) in [5.41, 5.74) is 8.34. The van der Waals surface area contributed by atoms with Gasteiger partial charge in [0.05, 0.1) is 40.8 Å². The smallest absolute Gasteiger partial charge is 0.266 e. The van der Waals surface area contributed by atoms with Gasteiger partial charge in [0.1, 0.15) is 60.6 Å². The van der Waals surface area contributed by atoms with Crippen LogP contribution in [0.15, 0.2) is 150 Å². The molecular weight excluding hydrogens is 1820 g/mol. The van der Waals surface area contributed by atoms with Crippen molar-refractivity contribution in [2.24, 2.45) is 0 Å². The lowest BCUT2D eigenvalue weighted by Crippen LogP contribution is -2.29. The molecule has 0 N–H and O–H groups in total. The Balaban J connectivity index is 0.000000228. The number of ketones is 6. The molecule has 6 fully saturated rings. The molecule has 34 heteroatoms. The molecular formula is C89H96N8O12S14. The zero-order valence-corrected chi connectivity index (χ0v) is 80.4. The lowest BCUT2D eigenvalue weighted by atomic mass is 10.1. The molecule has 0 atom stereocenters. The second kappa shape index (κ2) is 52.9. The summed E-state index contributed by atoms with van der Waals surface area (Å²) in [5.74, 6) is 0.376. The third-order valence-corrected chi connectivity index (χ3v) is 27.8. The van der Waals surface area contributed by atoms with Crippen LogP contribution in [0.4, 0.5) is 0 Å². The first-order chi connectivity index (χ1) is 58.1. The lowest BCUT2D eigenvalue weighted by Gasteiger charge is -2.13. The Kier molecular flexibility index (Phi) is 44.6. The van der Waals surface area contributed by atoms with Crippen molar-refractivity contribution in [3.63, 3.8) is 0 Å². The predicted octanol–water partition coefficient (Wildman–Crippen LogP) is 20.3. The first kappa shape index (κ1) is 104. The van der Waals surface area contributed by atoms with Crippen LogP contribution in [-0.4, -0.2) is 175 Å². The Morgan fingerprint density at radius 1 is 0.309 bits per heavy atom. The highest BCUT2D eigenvalue weighted by Gasteiger charge is 2.37. The largest absolute Gasteiger partial charge is 0.300 e. The number of aryl methyl sites for hydroxylation is 4. The van der Waals surface area contributed by atoms with Gasteiger partial charge in [0, 0.05) is 99.9 Å². The zero-order chi connectivity index (χ0) is 89.3. The van der Waals surface area contributed by atoms with E-state index in [2.05, 4.69) is 61.9 Å². The first-order valence-corrected chi connectivity index (χ1v) is 47.7. The van der Waals surface area contributed by atoms with Crippen molar-refractivity contribution in [1.82, 2.24) is 39.4 Å². The SMILES string of the molecule is C.CC(=O)CCCN1C(=O)/C(=C/c2ccc(C)c(C)c2)SC1=S.CC(=O)CCCN1C(=O)/C(=C/c2ccc(C)c(C)c2)SC1=S.CC(=O)CCCN1C(=O)/C(=C/c2ccccn2)SC1=S.CC(=O)CCCN1C(=O)/C(=C/c2ccccn2)SC1=S.CC(=O)CCCN1C(=O)/C(=C/c2cccs2)SC1=S.CC(=O)CCCN1C(=O)/C(=C/c2cccs2)SC1=S. The Labute approximate surface area is 785 Å². The van der Waals surface area contributed by atoms with Crippen LogP contribution >= 0.6 is 167 Å². The number of aromatic nitrogens is 2. The second-order valence-electron chi connectivity index (χ2n) is 28.1. The molecule has 10 heterocycles. The summed E-state index contributed by atoms with van der Waals surface area (Å²) < 4.78 is 3.39. The molecule has 12 rings (SSSR count). The fourth-order valence-corrected chi connectivity index (χ4v) is 20.5. The van der Waals surface area contributed by atoms with Crippen molar-refractivity contribution in [1.29, 1.82) is 0 Å². The summed E-state index contributed by atoms with van der Waals surface area (Å²) in [6, 6.07) is 31.1. The standard InChI is InChI=1S/2C17H19NO2S2.2C14H14N2O2S2.2C13H13NO2S3.CH4/c2*1-11-6-7-14(9-12(11)2)10-15-16(20)18(17(21)22-15)8-4-5-13(3)19;2*1-10(17)5-4-8-16-13(18)12(20-14(16)19)9-11-6-2-3-7-15-11;2*1-9(15)4-2-6-14-12(16)11(19-13(14)17)8-10-5-3-7-18-10;/h2*6-7,9-10H,4-5,8H2,1-3H3;2*2-3,6-7,9H,4-5,8H2,1H3;2*3,5,7-8H,2,4,6H2,1H3;1H4/b2*15-10-;2*12-9-;2*11-8-;. The first-order valence-electron chi connectivity index (χ1n) is 38.6. The Morgan fingerprint density at radius 3 is 0.748 bits per heavy atom. The molecule has 6 amide bonds. The van der Waals surface area contributed by atoms with Gasteiger partial charge in [-0.2, -0.15) is 0 Å². The van der Waals surface area contributed by atoms with Crippen LogP contribution < -0.4 is 0 Å². The number of thiophene rings is 2. The number of thiocarbonyl (C=S) groups is 6. The molecule has 0 spiro atoms. The number of amides is 6. The summed E-state index contributed by atoms with van der Waals surface area (Å²) in [4.78, 5) is 163. The van der Waals surface area contributed by atoms with E-state index in [-0.39, 0.29) is 77.6 Å².